The molecule has 0 amide bonds. The minimum atomic E-state index is -0.897. The van der Waals surface area contributed by atoms with Gasteiger partial charge in [-0.1, -0.05) is 24.3 Å². The molecule has 1 aromatic carbocycles. The maximum absolute atomic E-state index is 12.6. The number of aliphatic carboxylic acids is 1. The molecule has 2 aromatic heterocycles. The third-order valence-corrected chi connectivity index (χ3v) is 5.66. The van der Waals surface area contributed by atoms with Gasteiger partial charge in [-0.2, -0.15) is 9.97 Å². The van der Waals surface area contributed by atoms with E-state index in [4.69, 9.17) is 34.5 Å². The number of hydrogen-bond donors (Lipinski definition) is 3. The minimum absolute atomic E-state index is 0.00691. The number of carbonyl (C=O) groups is 2. The van der Waals surface area contributed by atoms with Crippen LogP contribution in [0, 0.1) is 0 Å². The highest BCUT2D eigenvalue weighted by Crippen LogP contribution is 2.19. The van der Waals surface area contributed by atoms with Crippen molar-refractivity contribution in [2.24, 2.45) is 0 Å². The summed E-state index contributed by atoms with van der Waals surface area (Å²) in [7, 11) is 1.55. The van der Waals surface area contributed by atoms with E-state index in [1.165, 1.54) is 4.57 Å². The van der Waals surface area contributed by atoms with Crippen molar-refractivity contribution >= 4 is 28.7 Å². The Bertz CT molecular complexity index is 1290. The summed E-state index contributed by atoms with van der Waals surface area (Å²) in [6.45, 7) is 2.85. The number of carboxylic acids is 1. The van der Waals surface area contributed by atoms with Crippen LogP contribution in [-0.2, 0) is 30.3 Å². The number of nitrogens with two attached hydrogens (primary N) is 1. The number of nitrogens with zero attached hydrogens (tertiary/aromatic N) is 3. The van der Waals surface area contributed by atoms with Crippen LogP contribution in [-0.4, -0.2) is 96.3 Å². The first-order valence-corrected chi connectivity index (χ1v) is 12.8. The molecule has 2 heterocycles. The van der Waals surface area contributed by atoms with E-state index in [1.807, 2.05) is 0 Å². The number of hydrogen-bond acceptors (Lipinski definition) is 11. The quantitative estimate of drug-likeness (QED) is 0.132. The van der Waals surface area contributed by atoms with Crippen molar-refractivity contribution in [2.45, 2.75) is 25.8 Å². The molecule has 0 bridgehead atoms. The third kappa shape index (κ3) is 9.72. The summed E-state index contributed by atoms with van der Waals surface area (Å²) in [5.74, 6) is -0.802. The highest BCUT2D eigenvalue weighted by Gasteiger charge is 2.15. The number of methoxy groups -OCH3 is 1. The Labute approximate surface area is 230 Å². The number of carboxylic acid groups (broad SMARTS) is 1. The Hall–Kier alpha value is -3.85. The number of anilines is 1. The topological polar surface area (TPSA) is 190 Å². The molecule has 0 radical (unpaired) electrons. The Morgan fingerprint density at radius 1 is 0.925 bits per heavy atom. The van der Waals surface area contributed by atoms with E-state index in [0.717, 1.165) is 5.56 Å². The molecule has 0 aliphatic carbocycles. The van der Waals surface area contributed by atoms with Gasteiger partial charge in [0.1, 0.15) is 12.1 Å². The fraction of sp³-hybridized carbons (Fsp3) is 0.500. The predicted molar refractivity (Wildman–Crippen MR) is 144 cm³/mol. The van der Waals surface area contributed by atoms with Gasteiger partial charge in [0, 0.05) is 25.7 Å². The summed E-state index contributed by atoms with van der Waals surface area (Å²) in [6.07, 6.45) is 0.873. The minimum Gasteiger partial charge on any atom is -0.481 e. The normalized spacial score (nSPS) is 11.2. The largest absolute Gasteiger partial charge is 0.481 e. The van der Waals surface area contributed by atoms with Crippen molar-refractivity contribution < 1.29 is 38.4 Å². The zero-order chi connectivity index (χ0) is 28.7. The lowest BCUT2D eigenvalue weighted by Gasteiger charge is -2.08. The lowest BCUT2D eigenvalue weighted by atomic mass is 10.0. The number of Topliss-reactive ketones (excluding diaryl/α,β-unsaturated/α-hetero) is 1. The Kier molecular flexibility index (Phi) is 12.5. The van der Waals surface area contributed by atoms with Crippen LogP contribution in [0.25, 0.3) is 11.2 Å². The fourth-order valence-corrected chi connectivity index (χ4v) is 3.62. The average Bonchev–Trinajstić information content (AvgIpc) is 3.25. The highest BCUT2D eigenvalue weighted by atomic mass is 16.5. The van der Waals surface area contributed by atoms with Gasteiger partial charge in [-0.15, -0.1) is 0 Å². The molecule has 0 aliphatic heterocycles. The third-order valence-electron chi connectivity index (χ3n) is 5.66. The monoisotopic (exact) mass is 561 g/mol. The number of aromatic nitrogens is 4. The van der Waals surface area contributed by atoms with Crippen LogP contribution in [0.5, 0.6) is 6.01 Å². The van der Waals surface area contributed by atoms with Crippen LogP contribution in [0.2, 0.25) is 0 Å². The lowest BCUT2D eigenvalue weighted by Crippen LogP contribution is -2.18. The smallest absolute Gasteiger partial charge is 0.328 e. The summed E-state index contributed by atoms with van der Waals surface area (Å²) in [6, 6.07) is 7.09. The molecule has 0 saturated heterocycles. The second-order valence-electron chi connectivity index (χ2n) is 8.65. The van der Waals surface area contributed by atoms with Crippen molar-refractivity contribution in [3.05, 3.63) is 45.9 Å². The lowest BCUT2D eigenvalue weighted by molar-refractivity contribution is -0.138. The maximum atomic E-state index is 12.6. The molecule has 0 unspecified atom stereocenters. The number of nitrogen functional groups attached to an aromatic ring is 1. The molecule has 0 saturated carbocycles. The molecule has 218 valence electrons. The highest BCUT2D eigenvalue weighted by molar-refractivity contribution is 5.96. The van der Waals surface area contributed by atoms with Crippen LogP contribution >= 0.6 is 0 Å². The number of fused-ring (bicyclic) bond motifs is 1. The maximum Gasteiger partial charge on any atom is 0.328 e. The van der Waals surface area contributed by atoms with E-state index in [2.05, 4.69) is 15.0 Å². The number of ether oxygens (including phenoxy) is 5. The zero-order valence-electron chi connectivity index (χ0n) is 22.4. The van der Waals surface area contributed by atoms with Crippen molar-refractivity contribution in [3.63, 3.8) is 0 Å². The van der Waals surface area contributed by atoms with Crippen molar-refractivity contribution in [1.82, 2.24) is 19.5 Å². The zero-order valence-corrected chi connectivity index (χ0v) is 22.4. The number of aromatic amines is 1. The summed E-state index contributed by atoms with van der Waals surface area (Å²) < 4.78 is 27.8. The molecule has 0 atom stereocenters. The van der Waals surface area contributed by atoms with Gasteiger partial charge in [0.15, 0.2) is 17.2 Å². The molecule has 0 spiro atoms. The van der Waals surface area contributed by atoms with Crippen LogP contribution in [0.3, 0.4) is 0 Å². The van der Waals surface area contributed by atoms with Crippen molar-refractivity contribution in [3.8, 4) is 6.01 Å². The second-order valence-corrected chi connectivity index (χ2v) is 8.65. The molecular weight excluding hydrogens is 526 g/mol. The number of imidazole rings is 1. The molecule has 3 aromatic rings. The molecule has 40 heavy (non-hydrogen) atoms. The fourth-order valence-electron chi connectivity index (χ4n) is 3.62. The van der Waals surface area contributed by atoms with Gasteiger partial charge in [0.2, 0.25) is 0 Å². The van der Waals surface area contributed by atoms with Crippen LogP contribution in [0.15, 0.2) is 29.1 Å². The number of ketones is 1. The summed E-state index contributed by atoms with van der Waals surface area (Å²) >= 11 is 0. The number of H-pyrrole nitrogens is 1. The van der Waals surface area contributed by atoms with Gasteiger partial charge in [-0.25, -0.2) is 4.79 Å². The summed E-state index contributed by atoms with van der Waals surface area (Å²) in [4.78, 5) is 46.5. The second kappa shape index (κ2) is 16.3. The standard InChI is InChI=1S/C26H35N5O9/c1-36-11-16-40-25-29-23(27)22-24(30-25)31(26(35)28-22)17-18-4-6-19(7-5-18)20(32)3-2-9-37-12-14-39-15-13-38-10-8-21(33)34/h4-7H,2-3,8-17H2,1H3,(H,28,35)(H,33,34)(H2,27,29,30). The number of benzene rings is 1. The van der Waals surface area contributed by atoms with E-state index in [-0.39, 0.29) is 49.5 Å². The van der Waals surface area contributed by atoms with Crippen LogP contribution in [0.4, 0.5) is 5.82 Å². The molecule has 0 aliphatic rings. The molecule has 0 fully saturated rings. The van der Waals surface area contributed by atoms with Crippen molar-refractivity contribution in [2.75, 3.05) is 65.7 Å². The first-order valence-electron chi connectivity index (χ1n) is 12.8. The number of rotatable bonds is 20. The Morgan fingerprint density at radius 3 is 2.27 bits per heavy atom. The first-order chi connectivity index (χ1) is 19.4. The van der Waals surface area contributed by atoms with E-state index >= 15 is 0 Å². The van der Waals surface area contributed by atoms with Gasteiger partial charge >= 0.3 is 17.7 Å². The van der Waals surface area contributed by atoms with E-state index in [9.17, 15) is 14.4 Å². The molecule has 4 N–H and O–H groups in total. The molecule has 3 rings (SSSR count). The molecular formula is C26H35N5O9. The van der Waals surface area contributed by atoms with E-state index < -0.39 is 5.97 Å². The van der Waals surface area contributed by atoms with Gasteiger partial charge in [0.05, 0.1) is 52.6 Å². The first kappa shape index (κ1) is 30.7. The van der Waals surface area contributed by atoms with Gasteiger partial charge < -0.3 is 39.5 Å². The Morgan fingerprint density at radius 2 is 1.60 bits per heavy atom. The summed E-state index contributed by atoms with van der Waals surface area (Å²) in [5.41, 5.74) is 7.61. The number of nitrogens with one attached hydrogen (secondary N) is 1. The molecule has 14 heteroatoms. The average molecular weight is 562 g/mol. The van der Waals surface area contributed by atoms with Crippen molar-refractivity contribution in [1.29, 1.82) is 0 Å². The van der Waals surface area contributed by atoms with Crippen LogP contribution < -0.4 is 16.2 Å². The van der Waals surface area contributed by atoms with E-state index in [0.29, 0.717) is 69.2 Å². The van der Waals surface area contributed by atoms with Gasteiger partial charge in [-0.3, -0.25) is 14.2 Å². The van der Waals surface area contributed by atoms with Gasteiger partial charge in [0.25, 0.3) is 0 Å². The summed E-state index contributed by atoms with van der Waals surface area (Å²) in [5, 5.41) is 8.51. The SMILES string of the molecule is COCCOc1nc(N)c2[nH]c(=O)n(Cc3ccc(C(=O)CCCOCCOCCOCCC(=O)O)cc3)c2n1. The Balaban J connectivity index is 1.41. The molecule has 14 nitrogen and oxygen atoms in total. The van der Waals surface area contributed by atoms with E-state index in [1.54, 1.807) is 31.4 Å². The predicted octanol–water partition coefficient (Wildman–Crippen LogP) is 1.26. The van der Waals surface area contributed by atoms with Gasteiger partial charge in [-0.05, 0) is 12.0 Å². The van der Waals surface area contributed by atoms with Crippen LogP contribution in [0.1, 0.15) is 35.2 Å². The number of carbonyl (C=O) groups excluding carboxylic acids is 1.